The number of carbonyl (C=O) groups excluding carboxylic acids is 1. The number of halogens is 2. The van der Waals surface area contributed by atoms with Gasteiger partial charge in [-0.3, -0.25) is 9.78 Å². The van der Waals surface area contributed by atoms with Gasteiger partial charge in [-0.2, -0.15) is 0 Å². The standard InChI is InChI=1S/C14H21N3O.2ClH/c1-2-17(11-13-5-3-4-7-16-13)14(18)9-12-6-8-15-10-12;;/h3-5,7,12,15H,2,6,8-11H2,1H3;2*1H. The molecule has 1 aliphatic rings. The zero-order valence-corrected chi connectivity index (χ0v) is 13.4. The predicted octanol–water partition coefficient (Wildman–Crippen LogP) is 2.27. The Labute approximate surface area is 133 Å². The molecule has 0 aromatic carbocycles. The van der Waals surface area contributed by atoms with E-state index in [0.717, 1.165) is 31.7 Å². The van der Waals surface area contributed by atoms with Crippen molar-refractivity contribution in [3.63, 3.8) is 0 Å². The predicted molar refractivity (Wildman–Crippen MR) is 85.4 cm³/mol. The maximum atomic E-state index is 12.2. The smallest absolute Gasteiger partial charge is 0.223 e. The number of nitrogens with one attached hydrogen (secondary N) is 1. The van der Waals surface area contributed by atoms with E-state index in [4.69, 9.17) is 0 Å². The molecule has 0 aliphatic carbocycles. The number of hydrogen-bond acceptors (Lipinski definition) is 3. The third-order valence-electron chi connectivity index (χ3n) is 3.44. The Morgan fingerprint density at radius 1 is 1.45 bits per heavy atom. The van der Waals surface area contributed by atoms with Crippen LogP contribution >= 0.6 is 24.8 Å². The lowest BCUT2D eigenvalue weighted by molar-refractivity contribution is -0.132. The minimum Gasteiger partial charge on any atom is -0.337 e. The highest BCUT2D eigenvalue weighted by molar-refractivity contribution is 5.85. The van der Waals surface area contributed by atoms with Crippen LogP contribution in [0, 0.1) is 5.92 Å². The highest BCUT2D eigenvalue weighted by Crippen LogP contribution is 2.14. The van der Waals surface area contributed by atoms with Crippen molar-refractivity contribution in [3.05, 3.63) is 30.1 Å². The van der Waals surface area contributed by atoms with Gasteiger partial charge in [-0.05, 0) is 44.5 Å². The van der Waals surface area contributed by atoms with Gasteiger partial charge in [0.15, 0.2) is 0 Å². The summed E-state index contributed by atoms with van der Waals surface area (Å²) in [5.41, 5.74) is 0.956. The Morgan fingerprint density at radius 2 is 2.25 bits per heavy atom. The summed E-state index contributed by atoms with van der Waals surface area (Å²) in [4.78, 5) is 18.4. The van der Waals surface area contributed by atoms with E-state index in [9.17, 15) is 4.79 Å². The Bertz CT molecular complexity index is 383. The number of carbonyl (C=O) groups is 1. The summed E-state index contributed by atoms with van der Waals surface area (Å²) in [6.45, 7) is 5.41. The van der Waals surface area contributed by atoms with Crippen molar-refractivity contribution < 1.29 is 4.79 Å². The van der Waals surface area contributed by atoms with Gasteiger partial charge in [0.25, 0.3) is 0 Å². The summed E-state index contributed by atoms with van der Waals surface area (Å²) in [5, 5.41) is 3.30. The lowest BCUT2D eigenvalue weighted by atomic mass is 10.0. The maximum Gasteiger partial charge on any atom is 0.223 e. The summed E-state index contributed by atoms with van der Waals surface area (Å²) in [7, 11) is 0. The first kappa shape index (κ1) is 19.2. The van der Waals surface area contributed by atoms with Gasteiger partial charge in [-0.1, -0.05) is 6.07 Å². The monoisotopic (exact) mass is 319 g/mol. The van der Waals surface area contributed by atoms with E-state index in [1.807, 2.05) is 30.0 Å². The molecule has 1 saturated heterocycles. The van der Waals surface area contributed by atoms with Crippen molar-refractivity contribution in [2.45, 2.75) is 26.3 Å². The summed E-state index contributed by atoms with van der Waals surface area (Å²) >= 11 is 0. The Balaban J connectivity index is 0.00000180. The highest BCUT2D eigenvalue weighted by atomic mass is 35.5. The fourth-order valence-electron chi connectivity index (χ4n) is 2.33. The Morgan fingerprint density at radius 3 is 2.80 bits per heavy atom. The zero-order valence-electron chi connectivity index (χ0n) is 11.7. The second-order valence-electron chi connectivity index (χ2n) is 4.79. The van der Waals surface area contributed by atoms with Gasteiger partial charge in [0.2, 0.25) is 5.91 Å². The fourth-order valence-corrected chi connectivity index (χ4v) is 2.33. The van der Waals surface area contributed by atoms with Crippen molar-refractivity contribution in [1.82, 2.24) is 15.2 Å². The molecule has 1 aliphatic heterocycles. The molecule has 1 atom stereocenters. The second-order valence-corrected chi connectivity index (χ2v) is 4.79. The van der Waals surface area contributed by atoms with Crippen LogP contribution in [0.25, 0.3) is 0 Å². The van der Waals surface area contributed by atoms with Crippen LogP contribution in [0.4, 0.5) is 0 Å². The van der Waals surface area contributed by atoms with Crippen LogP contribution in [0.1, 0.15) is 25.5 Å². The molecule has 1 fully saturated rings. The van der Waals surface area contributed by atoms with Gasteiger partial charge in [0.1, 0.15) is 0 Å². The molecule has 0 spiro atoms. The second kappa shape index (κ2) is 9.97. The topological polar surface area (TPSA) is 45.2 Å². The molecule has 1 N–H and O–H groups in total. The van der Waals surface area contributed by atoms with Crippen LogP contribution in [-0.2, 0) is 11.3 Å². The van der Waals surface area contributed by atoms with Crippen molar-refractivity contribution in [2.24, 2.45) is 5.92 Å². The van der Waals surface area contributed by atoms with E-state index in [0.29, 0.717) is 18.9 Å². The molecule has 1 amide bonds. The van der Waals surface area contributed by atoms with Crippen LogP contribution < -0.4 is 5.32 Å². The van der Waals surface area contributed by atoms with Gasteiger partial charge in [0, 0.05) is 19.2 Å². The first-order valence-corrected chi connectivity index (χ1v) is 6.68. The van der Waals surface area contributed by atoms with Crippen LogP contribution in [0.2, 0.25) is 0 Å². The van der Waals surface area contributed by atoms with Crippen molar-refractivity contribution in [3.8, 4) is 0 Å². The fraction of sp³-hybridized carbons (Fsp3) is 0.571. The lowest BCUT2D eigenvalue weighted by Gasteiger charge is -2.22. The molecule has 1 aromatic rings. The van der Waals surface area contributed by atoms with E-state index in [2.05, 4.69) is 10.3 Å². The largest absolute Gasteiger partial charge is 0.337 e. The van der Waals surface area contributed by atoms with Gasteiger partial charge in [-0.15, -0.1) is 24.8 Å². The molecular formula is C14H23Cl2N3O. The Kier molecular flexibility index (Phi) is 9.55. The quantitative estimate of drug-likeness (QED) is 0.905. The third kappa shape index (κ3) is 5.65. The number of amides is 1. The molecule has 6 heteroatoms. The Hall–Kier alpha value is -0.840. The maximum absolute atomic E-state index is 12.2. The lowest BCUT2D eigenvalue weighted by Crippen LogP contribution is -2.32. The van der Waals surface area contributed by atoms with Gasteiger partial charge < -0.3 is 10.2 Å². The van der Waals surface area contributed by atoms with Gasteiger partial charge in [0.05, 0.1) is 12.2 Å². The third-order valence-corrected chi connectivity index (χ3v) is 3.44. The molecule has 1 aromatic heterocycles. The van der Waals surface area contributed by atoms with Crippen molar-refractivity contribution in [2.75, 3.05) is 19.6 Å². The number of hydrogen-bond donors (Lipinski definition) is 1. The average Bonchev–Trinajstić information content (AvgIpc) is 2.90. The number of nitrogens with zero attached hydrogens (tertiary/aromatic N) is 2. The molecule has 2 rings (SSSR count). The molecular weight excluding hydrogens is 297 g/mol. The molecule has 1 unspecified atom stereocenters. The highest BCUT2D eigenvalue weighted by Gasteiger charge is 2.21. The van der Waals surface area contributed by atoms with Crippen LogP contribution in [0.15, 0.2) is 24.4 Å². The first-order chi connectivity index (χ1) is 8.79. The van der Waals surface area contributed by atoms with E-state index in [-0.39, 0.29) is 30.7 Å². The van der Waals surface area contributed by atoms with E-state index >= 15 is 0 Å². The molecule has 114 valence electrons. The summed E-state index contributed by atoms with van der Waals surface area (Å²) in [6.07, 6.45) is 3.55. The molecule has 20 heavy (non-hydrogen) atoms. The number of pyridine rings is 1. The number of aromatic nitrogens is 1. The molecule has 2 heterocycles. The van der Waals surface area contributed by atoms with Gasteiger partial charge >= 0.3 is 0 Å². The van der Waals surface area contributed by atoms with E-state index < -0.39 is 0 Å². The van der Waals surface area contributed by atoms with Crippen molar-refractivity contribution in [1.29, 1.82) is 0 Å². The van der Waals surface area contributed by atoms with Crippen LogP contribution in [-0.4, -0.2) is 35.4 Å². The number of rotatable bonds is 5. The minimum absolute atomic E-state index is 0. The average molecular weight is 320 g/mol. The first-order valence-electron chi connectivity index (χ1n) is 6.68. The summed E-state index contributed by atoms with van der Waals surface area (Å²) in [5.74, 6) is 0.757. The van der Waals surface area contributed by atoms with E-state index in [1.165, 1.54) is 0 Å². The molecule has 4 nitrogen and oxygen atoms in total. The molecule has 0 bridgehead atoms. The zero-order chi connectivity index (χ0) is 12.8. The van der Waals surface area contributed by atoms with Crippen molar-refractivity contribution >= 4 is 30.7 Å². The normalized spacial score (nSPS) is 16.9. The minimum atomic E-state index is 0. The van der Waals surface area contributed by atoms with E-state index in [1.54, 1.807) is 6.20 Å². The SMILES string of the molecule is CCN(Cc1ccccn1)C(=O)CC1CCNC1.Cl.Cl. The molecule has 0 radical (unpaired) electrons. The molecule has 0 saturated carbocycles. The van der Waals surface area contributed by atoms with Crippen LogP contribution in [0.5, 0.6) is 0 Å². The van der Waals surface area contributed by atoms with Crippen LogP contribution in [0.3, 0.4) is 0 Å². The summed E-state index contributed by atoms with van der Waals surface area (Å²) < 4.78 is 0. The summed E-state index contributed by atoms with van der Waals surface area (Å²) in [6, 6.07) is 5.82. The van der Waals surface area contributed by atoms with Gasteiger partial charge in [-0.25, -0.2) is 0 Å².